The minimum absolute atomic E-state index is 0.678. The van der Waals surface area contributed by atoms with Crippen molar-refractivity contribution in [3.05, 3.63) is 59.8 Å². The Morgan fingerprint density at radius 1 is 0.941 bits per heavy atom. The van der Waals surface area contributed by atoms with E-state index in [4.69, 9.17) is 4.74 Å². The van der Waals surface area contributed by atoms with Crippen LogP contribution in [0.3, 0.4) is 0 Å². The highest BCUT2D eigenvalue weighted by molar-refractivity contribution is 5.19. The lowest BCUT2D eigenvalue weighted by Crippen LogP contribution is -1.92. The molecule has 0 radical (unpaired) electrons. The maximum atomic E-state index is 5.03. The Morgan fingerprint density at radius 3 is 2.35 bits per heavy atom. The van der Waals surface area contributed by atoms with E-state index >= 15 is 0 Å². The van der Waals surface area contributed by atoms with Gasteiger partial charge in [-0.05, 0) is 30.4 Å². The molecule has 0 aliphatic carbocycles. The van der Waals surface area contributed by atoms with E-state index in [1.54, 1.807) is 7.11 Å². The van der Waals surface area contributed by atoms with Gasteiger partial charge in [-0.1, -0.05) is 36.4 Å². The number of hydrogen-bond acceptors (Lipinski definition) is 2. The lowest BCUT2D eigenvalue weighted by atomic mass is 10.1. The lowest BCUT2D eigenvalue weighted by molar-refractivity contribution is 0.397. The number of benzene rings is 1. The van der Waals surface area contributed by atoms with Gasteiger partial charge >= 0.3 is 0 Å². The highest BCUT2D eigenvalue weighted by atomic mass is 16.5. The summed E-state index contributed by atoms with van der Waals surface area (Å²) in [5.41, 5.74) is 2.66. The molecule has 2 aromatic rings. The SMILES string of the molecule is COc1ccc(CCCc2ccccc2)cn1. The second-order valence-corrected chi connectivity index (χ2v) is 4.05. The summed E-state index contributed by atoms with van der Waals surface area (Å²) in [6.07, 6.45) is 5.22. The van der Waals surface area contributed by atoms with Crippen LogP contribution >= 0.6 is 0 Å². The van der Waals surface area contributed by atoms with Crippen LogP contribution in [0.4, 0.5) is 0 Å². The largest absolute Gasteiger partial charge is 0.481 e. The smallest absolute Gasteiger partial charge is 0.212 e. The molecule has 2 rings (SSSR count). The zero-order chi connectivity index (χ0) is 11.9. The van der Waals surface area contributed by atoms with Gasteiger partial charge in [0.2, 0.25) is 5.88 Å². The van der Waals surface area contributed by atoms with Crippen molar-refractivity contribution < 1.29 is 4.74 Å². The fraction of sp³-hybridized carbons (Fsp3) is 0.267. The Morgan fingerprint density at radius 2 is 1.71 bits per heavy atom. The second-order valence-electron chi connectivity index (χ2n) is 4.05. The number of nitrogens with zero attached hydrogens (tertiary/aromatic N) is 1. The molecule has 1 aromatic heterocycles. The molecule has 0 aliphatic heterocycles. The van der Waals surface area contributed by atoms with Gasteiger partial charge in [0.15, 0.2) is 0 Å². The monoisotopic (exact) mass is 227 g/mol. The fourth-order valence-corrected chi connectivity index (χ4v) is 1.82. The Balaban J connectivity index is 1.82. The molecule has 0 spiro atoms. The first-order valence-electron chi connectivity index (χ1n) is 5.91. The van der Waals surface area contributed by atoms with Crippen molar-refractivity contribution in [3.8, 4) is 5.88 Å². The first-order valence-corrected chi connectivity index (χ1v) is 5.91. The van der Waals surface area contributed by atoms with Crippen molar-refractivity contribution in [1.29, 1.82) is 0 Å². The number of rotatable bonds is 5. The minimum Gasteiger partial charge on any atom is -0.481 e. The van der Waals surface area contributed by atoms with Crippen LogP contribution in [0.2, 0.25) is 0 Å². The van der Waals surface area contributed by atoms with Gasteiger partial charge in [-0.2, -0.15) is 0 Å². The van der Waals surface area contributed by atoms with E-state index < -0.39 is 0 Å². The predicted octanol–water partition coefficient (Wildman–Crippen LogP) is 3.27. The third-order valence-corrected chi connectivity index (χ3v) is 2.78. The average molecular weight is 227 g/mol. The third-order valence-electron chi connectivity index (χ3n) is 2.78. The summed E-state index contributed by atoms with van der Waals surface area (Å²) < 4.78 is 5.03. The van der Waals surface area contributed by atoms with Crippen molar-refractivity contribution >= 4 is 0 Å². The molecule has 1 aromatic carbocycles. The molecule has 0 unspecified atom stereocenters. The summed E-state index contributed by atoms with van der Waals surface area (Å²) in [6, 6.07) is 14.6. The van der Waals surface area contributed by atoms with Crippen molar-refractivity contribution in [2.45, 2.75) is 19.3 Å². The molecule has 17 heavy (non-hydrogen) atoms. The number of hydrogen-bond donors (Lipinski definition) is 0. The van der Waals surface area contributed by atoms with Crippen LogP contribution in [-0.2, 0) is 12.8 Å². The van der Waals surface area contributed by atoms with Gasteiger partial charge in [-0.15, -0.1) is 0 Å². The molecule has 0 amide bonds. The molecule has 0 bridgehead atoms. The number of pyridine rings is 1. The summed E-state index contributed by atoms with van der Waals surface area (Å²) in [7, 11) is 1.64. The van der Waals surface area contributed by atoms with Crippen LogP contribution in [0.15, 0.2) is 48.7 Å². The summed E-state index contributed by atoms with van der Waals surface area (Å²) in [4.78, 5) is 4.20. The molecule has 88 valence electrons. The van der Waals surface area contributed by atoms with Crippen molar-refractivity contribution in [3.63, 3.8) is 0 Å². The molecule has 0 aliphatic rings. The highest BCUT2D eigenvalue weighted by Crippen LogP contribution is 2.10. The Bertz CT molecular complexity index is 436. The van der Waals surface area contributed by atoms with E-state index in [1.807, 2.05) is 12.3 Å². The molecule has 2 heteroatoms. The maximum absolute atomic E-state index is 5.03. The quantitative estimate of drug-likeness (QED) is 0.782. The first-order chi connectivity index (χ1) is 8.38. The van der Waals surface area contributed by atoms with Crippen molar-refractivity contribution in [1.82, 2.24) is 4.98 Å². The maximum Gasteiger partial charge on any atom is 0.212 e. The fourth-order valence-electron chi connectivity index (χ4n) is 1.82. The van der Waals surface area contributed by atoms with Gasteiger partial charge < -0.3 is 4.74 Å². The van der Waals surface area contributed by atoms with Crippen LogP contribution in [-0.4, -0.2) is 12.1 Å². The number of aryl methyl sites for hydroxylation is 2. The molecular formula is C15H17NO. The van der Waals surface area contributed by atoms with E-state index in [1.165, 1.54) is 11.1 Å². The van der Waals surface area contributed by atoms with Gasteiger partial charge in [-0.25, -0.2) is 4.98 Å². The van der Waals surface area contributed by atoms with Crippen LogP contribution in [0.5, 0.6) is 5.88 Å². The molecule has 0 fully saturated rings. The van der Waals surface area contributed by atoms with Crippen LogP contribution in [0.25, 0.3) is 0 Å². The standard InChI is InChI=1S/C15H17NO/c1-17-15-11-10-14(12-16-15)9-5-8-13-6-3-2-4-7-13/h2-4,6-7,10-12H,5,8-9H2,1H3. The first kappa shape index (κ1) is 11.6. The van der Waals surface area contributed by atoms with Gasteiger partial charge in [0.05, 0.1) is 7.11 Å². The van der Waals surface area contributed by atoms with E-state index in [0.29, 0.717) is 5.88 Å². The van der Waals surface area contributed by atoms with E-state index in [9.17, 15) is 0 Å². The molecule has 0 atom stereocenters. The zero-order valence-corrected chi connectivity index (χ0v) is 10.1. The molecule has 0 saturated heterocycles. The van der Waals surface area contributed by atoms with E-state index in [-0.39, 0.29) is 0 Å². The molecule has 1 heterocycles. The zero-order valence-electron chi connectivity index (χ0n) is 10.1. The van der Waals surface area contributed by atoms with Crippen LogP contribution in [0.1, 0.15) is 17.5 Å². The Kier molecular flexibility index (Phi) is 4.14. The van der Waals surface area contributed by atoms with Gasteiger partial charge in [-0.3, -0.25) is 0 Å². The van der Waals surface area contributed by atoms with Gasteiger partial charge in [0.25, 0.3) is 0 Å². The van der Waals surface area contributed by atoms with Crippen LogP contribution in [0, 0.1) is 0 Å². The van der Waals surface area contributed by atoms with Crippen LogP contribution < -0.4 is 4.74 Å². The Labute approximate surface area is 102 Å². The van der Waals surface area contributed by atoms with Gasteiger partial charge in [0.1, 0.15) is 0 Å². The van der Waals surface area contributed by atoms with Crippen molar-refractivity contribution in [2.75, 3.05) is 7.11 Å². The molecule has 0 saturated carbocycles. The lowest BCUT2D eigenvalue weighted by Gasteiger charge is -2.03. The number of methoxy groups -OCH3 is 1. The second kappa shape index (κ2) is 6.04. The van der Waals surface area contributed by atoms with Crippen molar-refractivity contribution in [2.24, 2.45) is 0 Å². The summed E-state index contributed by atoms with van der Waals surface area (Å²) in [5, 5.41) is 0. The summed E-state index contributed by atoms with van der Waals surface area (Å²) in [6.45, 7) is 0. The topological polar surface area (TPSA) is 22.1 Å². The molecule has 0 N–H and O–H groups in total. The van der Waals surface area contributed by atoms with E-state index in [0.717, 1.165) is 19.3 Å². The predicted molar refractivity (Wildman–Crippen MR) is 69.3 cm³/mol. The minimum atomic E-state index is 0.678. The summed E-state index contributed by atoms with van der Waals surface area (Å²) >= 11 is 0. The number of aromatic nitrogens is 1. The van der Waals surface area contributed by atoms with E-state index in [2.05, 4.69) is 41.4 Å². The Hall–Kier alpha value is -1.83. The normalized spacial score (nSPS) is 10.2. The molecular weight excluding hydrogens is 210 g/mol. The average Bonchev–Trinajstić information content (AvgIpc) is 2.41. The third kappa shape index (κ3) is 3.59. The van der Waals surface area contributed by atoms with Gasteiger partial charge in [0, 0.05) is 12.3 Å². The highest BCUT2D eigenvalue weighted by Gasteiger charge is 1.97. The number of ether oxygens (including phenoxy) is 1. The summed E-state index contributed by atoms with van der Waals surface area (Å²) in [5.74, 6) is 0.678. The molecule has 2 nitrogen and oxygen atoms in total.